The third-order valence-corrected chi connectivity index (χ3v) is 2.85. The lowest BCUT2D eigenvalue weighted by Gasteiger charge is -2.08. The van der Waals surface area contributed by atoms with E-state index in [-0.39, 0.29) is 13.2 Å². The van der Waals surface area contributed by atoms with Gasteiger partial charge >= 0.3 is 6.36 Å². The molecule has 0 saturated heterocycles. The van der Waals surface area contributed by atoms with Crippen LogP contribution in [0.2, 0.25) is 0 Å². The molecule has 1 aromatic carbocycles. The van der Waals surface area contributed by atoms with Gasteiger partial charge in [-0.3, -0.25) is 4.74 Å². The molecule has 0 radical (unpaired) electrons. The van der Waals surface area contributed by atoms with Crippen LogP contribution in [-0.2, 0) is 4.74 Å². The smallest absolute Gasteiger partial charge is 0.314 e. The van der Waals surface area contributed by atoms with Gasteiger partial charge in [0.1, 0.15) is 0 Å². The third-order valence-electron chi connectivity index (χ3n) is 1.84. The molecule has 1 N–H and O–H groups in total. The van der Waals surface area contributed by atoms with E-state index in [1.807, 2.05) is 30.3 Å². The van der Waals surface area contributed by atoms with Crippen molar-refractivity contribution in [1.82, 2.24) is 5.32 Å². The second kappa shape index (κ2) is 7.58. The van der Waals surface area contributed by atoms with Crippen molar-refractivity contribution in [3.8, 4) is 0 Å². The third kappa shape index (κ3) is 8.06. The maximum atomic E-state index is 11.6. The van der Waals surface area contributed by atoms with Crippen LogP contribution >= 0.6 is 11.8 Å². The number of thioether (sulfide) groups is 1. The molecule has 0 fully saturated rings. The highest BCUT2D eigenvalue weighted by atomic mass is 32.2. The van der Waals surface area contributed by atoms with Crippen LogP contribution in [0, 0.1) is 0 Å². The first-order chi connectivity index (χ1) is 8.08. The first kappa shape index (κ1) is 14.3. The van der Waals surface area contributed by atoms with E-state index in [2.05, 4.69) is 10.1 Å². The van der Waals surface area contributed by atoms with E-state index in [1.165, 1.54) is 0 Å². The molecule has 0 aromatic heterocycles. The van der Waals surface area contributed by atoms with Crippen LogP contribution in [0.4, 0.5) is 13.2 Å². The van der Waals surface area contributed by atoms with Gasteiger partial charge in [0.15, 0.2) is 0 Å². The minimum Gasteiger partial charge on any atom is -0.314 e. The average Bonchev–Trinajstić information content (AvgIpc) is 2.28. The zero-order chi connectivity index (χ0) is 12.6. The summed E-state index contributed by atoms with van der Waals surface area (Å²) in [5.41, 5.74) is 0. The van der Waals surface area contributed by atoms with Crippen LogP contribution in [0.25, 0.3) is 0 Å². The first-order valence-electron chi connectivity index (χ1n) is 5.17. The molecule has 0 saturated carbocycles. The molecule has 0 aliphatic rings. The van der Waals surface area contributed by atoms with Gasteiger partial charge in [-0.2, -0.15) is 0 Å². The molecule has 2 nitrogen and oxygen atoms in total. The Labute approximate surface area is 103 Å². The van der Waals surface area contributed by atoms with E-state index in [4.69, 9.17) is 0 Å². The standard InChI is InChI=1S/C11H14F3NOS/c12-11(13,14)16-8-6-15-7-9-17-10-4-2-1-3-5-10/h1-5,15H,6-9H2. The minimum atomic E-state index is -4.53. The Morgan fingerprint density at radius 3 is 2.47 bits per heavy atom. The van der Waals surface area contributed by atoms with E-state index >= 15 is 0 Å². The van der Waals surface area contributed by atoms with Gasteiger partial charge in [-0.25, -0.2) is 0 Å². The number of benzene rings is 1. The van der Waals surface area contributed by atoms with Crippen LogP contribution < -0.4 is 5.32 Å². The van der Waals surface area contributed by atoms with Crippen LogP contribution in [0.3, 0.4) is 0 Å². The topological polar surface area (TPSA) is 21.3 Å². The molecule has 0 spiro atoms. The largest absolute Gasteiger partial charge is 0.522 e. The van der Waals surface area contributed by atoms with Gasteiger partial charge in [0.2, 0.25) is 0 Å². The molecule has 96 valence electrons. The fourth-order valence-electron chi connectivity index (χ4n) is 1.12. The molecule has 0 aliphatic heterocycles. The SMILES string of the molecule is FC(F)(F)OCCNCCSc1ccccc1. The Hall–Kier alpha value is -0.720. The molecular formula is C11H14F3NOS. The van der Waals surface area contributed by atoms with Crippen LogP contribution in [0.15, 0.2) is 35.2 Å². The number of hydrogen-bond donors (Lipinski definition) is 1. The second-order valence-electron chi connectivity index (χ2n) is 3.21. The van der Waals surface area contributed by atoms with Gasteiger partial charge in [0.05, 0.1) is 6.61 Å². The number of rotatable bonds is 7. The lowest BCUT2D eigenvalue weighted by Crippen LogP contribution is -2.25. The van der Waals surface area contributed by atoms with Gasteiger partial charge < -0.3 is 5.32 Å². The van der Waals surface area contributed by atoms with Crippen molar-refractivity contribution in [2.75, 3.05) is 25.4 Å². The normalized spacial score (nSPS) is 11.7. The summed E-state index contributed by atoms with van der Waals surface area (Å²) in [4.78, 5) is 1.15. The maximum absolute atomic E-state index is 11.6. The van der Waals surface area contributed by atoms with Crippen molar-refractivity contribution < 1.29 is 17.9 Å². The number of nitrogens with one attached hydrogen (secondary N) is 1. The van der Waals surface area contributed by atoms with E-state index < -0.39 is 6.36 Å². The fourth-order valence-corrected chi connectivity index (χ4v) is 1.95. The summed E-state index contributed by atoms with van der Waals surface area (Å²) < 4.78 is 38.4. The van der Waals surface area contributed by atoms with Crippen LogP contribution in [0.5, 0.6) is 0 Å². The Balaban J connectivity index is 1.95. The van der Waals surface area contributed by atoms with Crippen LogP contribution in [-0.4, -0.2) is 31.8 Å². The lowest BCUT2D eigenvalue weighted by atomic mass is 10.4. The Bertz CT molecular complexity index is 305. The Morgan fingerprint density at radius 2 is 1.82 bits per heavy atom. The summed E-state index contributed by atoms with van der Waals surface area (Å²) in [6, 6.07) is 9.84. The van der Waals surface area contributed by atoms with E-state index in [0.29, 0.717) is 6.54 Å². The molecule has 0 unspecified atom stereocenters. The summed E-state index contributed by atoms with van der Waals surface area (Å²) in [7, 11) is 0. The maximum Gasteiger partial charge on any atom is 0.522 e. The molecule has 0 amide bonds. The summed E-state index contributed by atoms with van der Waals surface area (Å²) in [6.45, 7) is 0.509. The highest BCUT2D eigenvalue weighted by Crippen LogP contribution is 2.16. The fraction of sp³-hybridized carbons (Fsp3) is 0.455. The molecule has 17 heavy (non-hydrogen) atoms. The molecule has 1 rings (SSSR count). The van der Waals surface area contributed by atoms with Gasteiger partial charge in [0, 0.05) is 23.7 Å². The quantitative estimate of drug-likeness (QED) is 0.605. The van der Waals surface area contributed by atoms with Crippen molar-refractivity contribution in [2.45, 2.75) is 11.3 Å². The van der Waals surface area contributed by atoms with Gasteiger partial charge in [-0.1, -0.05) is 18.2 Å². The van der Waals surface area contributed by atoms with Crippen molar-refractivity contribution in [3.05, 3.63) is 30.3 Å². The molecule has 6 heteroatoms. The van der Waals surface area contributed by atoms with Gasteiger partial charge in [-0.15, -0.1) is 24.9 Å². The minimum absolute atomic E-state index is 0.203. The summed E-state index contributed by atoms with van der Waals surface area (Å²) in [5, 5.41) is 2.88. The van der Waals surface area contributed by atoms with Crippen molar-refractivity contribution in [2.24, 2.45) is 0 Å². The predicted molar refractivity (Wildman–Crippen MR) is 62.0 cm³/mol. The molecular weight excluding hydrogens is 251 g/mol. The molecule has 0 bridgehead atoms. The highest BCUT2D eigenvalue weighted by molar-refractivity contribution is 7.99. The van der Waals surface area contributed by atoms with E-state index in [1.54, 1.807) is 11.8 Å². The average molecular weight is 265 g/mol. The number of hydrogen-bond acceptors (Lipinski definition) is 3. The second-order valence-corrected chi connectivity index (χ2v) is 4.37. The van der Waals surface area contributed by atoms with E-state index in [9.17, 15) is 13.2 Å². The summed E-state index contributed by atoms with van der Waals surface area (Å²) in [6.07, 6.45) is -4.53. The molecule has 0 aliphatic carbocycles. The van der Waals surface area contributed by atoms with Crippen LogP contribution in [0.1, 0.15) is 0 Å². The zero-order valence-electron chi connectivity index (χ0n) is 9.17. The number of alkyl halides is 3. The Kier molecular flexibility index (Phi) is 6.39. The van der Waals surface area contributed by atoms with Crippen molar-refractivity contribution in [3.63, 3.8) is 0 Å². The van der Waals surface area contributed by atoms with Crippen molar-refractivity contribution >= 4 is 11.8 Å². The molecule has 1 aromatic rings. The summed E-state index contributed by atoms with van der Waals surface area (Å²) in [5.74, 6) is 0.816. The van der Waals surface area contributed by atoms with Gasteiger partial charge in [-0.05, 0) is 12.1 Å². The lowest BCUT2D eigenvalue weighted by molar-refractivity contribution is -0.323. The molecule has 0 heterocycles. The Morgan fingerprint density at radius 1 is 1.12 bits per heavy atom. The monoisotopic (exact) mass is 265 g/mol. The van der Waals surface area contributed by atoms with Gasteiger partial charge in [0.25, 0.3) is 0 Å². The summed E-state index contributed by atoms with van der Waals surface area (Å²) >= 11 is 1.66. The predicted octanol–water partition coefficient (Wildman–Crippen LogP) is 2.90. The number of ether oxygens (including phenoxy) is 1. The molecule has 0 atom stereocenters. The zero-order valence-corrected chi connectivity index (χ0v) is 9.98. The number of halogens is 3. The van der Waals surface area contributed by atoms with Crippen molar-refractivity contribution in [1.29, 1.82) is 0 Å². The first-order valence-corrected chi connectivity index (χ1v) is 6.16. The highest BCUT2D eigenvalue weighted by Gasteiger charge is 2.28. The van der Waals surface area contributed by atoms with E-state index in [0.717, 1.165) is 10.6 Å².